The van der Waals surface area contributed by atoms with E-state index in [4.69, 9.17) is 0 Å². The van der Waals surface area contributed by atoms with Crippen LogP contribution in [0.1, 0.15) is 19.4 Å². The van der Waals surface area contributed by atoms with Crippen LogP contribution in [0.3, 0.4) is 0 Å². The van der Waals surface area contributed by atoms with Crippen molar-refractivity contribution in [3.63, 3.8) is 0 Å². The fourth-order valence-corrected chi connectivity index (χ4v) is 2.05. The summed E-state index contributed by atoms with van der Waals surface area (Å²) in [6, 6.07) is 8.80. The molecule has 68 valence electrons. The molecular weight excluding hydrogens is 180 g/mol. The Hall–Kier alpha value is -0.960. The molecule has 0 spiro atoms. The minimum Gasteiger partial charge on any atom is -0.294 e. The highest BCUT2D eigenvalue weighted by atomic mass is 32.2. The van der Waals surface area contributed by atoms with Crippen molar-refractivity contribution < 1.29 is 0 Å². The predicted octanol–water partition coefficient (Wildman–Crippen LogP) is 2.90. The van der Waals surface area contributed by atoms with Gasteiger partial charge in [0.1, 0.15) is 0 Å². The Labute approximate surface area is 82.9 Å². The van der Waals surface area contributed by atoms with Gasteiger partial charge >= 0.3 is 0 Å². The van der Waals surface area contributed by atoms with Gasteiger partial charge in [0.2, 0.25) is 0 Å². The van der Waals surface area contributed by atoms with E-state index in [1.807, 2.05) is 12.3 Å². The molecule has 0 radical (unpaired) electrons. The molecule has 0 N–H and O–H groups in total. The fraction of sp³-hybridized carbons (Fsp3) is 0.300. The van der Waals surface area contributed by atoms with Crippen LogP contribution in [0, 0.1) is 0 Å². The Kier molecular flexibility index (Phi) is 2.27. The lowest BCUT2D eigenvalue weighted by Crippen LogP contribution is -2.25. The van der Waals surface area contributed by atoms with Crippen LogP contribution < -0.4 is 4.31 Å². The maximum atomic E-state index is 4.24. The van der Waals surface area contributed by atoms with Crippen LogP contribution in [0.2, 0.25) is 0 Å². The normalized spacial score (nSPS) is 14.8. The zero-order chi connectivity index (χ0) is 9.26. The molecule has 1 aliphatic rings. The van der Waals surface area contributed by atoms with Crippen molar-refractivity contribution in [3.05, 3.63) is 29.8 Å². The summed E-state index contributed by atoms with van der Waals surface area (Å²) in [5, 5.41) is 0. The lowest BCUT2D eigenvalue weighted by atomic mass is 10.2. The van der Waals surface area contributed by atoms with Crippen molar-refractivity contribution in [2.75, 3.05) is 4.31 Å². The number of hydrogen-bond acceptors (Lipinski definition) is 3. The van der Waals surface area contributed by atoms with Gasteiger partial charge in [0.25, 0.3) is 0 Å². The van der Waals surface area contributed by atoms with E-state index >= 15 is 0 Å². The Morgan fingerprint density at radius 2 is 2.08 bits per heavy atom. The molecule has 2 nitrogen and oxygen atoms in total. The van der Waals surface area contributed by atoms with Gasteiger partial charge in [-0.05, 0) is 19.9 Å². The Bertz CT molecular complexity index is 333. The number of fused-ring (bicyclic) bond motifs is 1. The molecule has 13 heavy (non-hydrogen) atoms. The van der Waals surface area contributed by atoms with Gasteiger partial charge < -0.3 is 0 Å². The Balaban J connectivity index is 2.43. The fourth-order valence-electron chi connectivity index (χ4n) is 1.34. The van der Waals surface area contributed by atoms with Crippen LogP contribution in [-0.4, -0.2) is 12.3 Å². The summed E-state index contributed by atoms with van der Waals surface area (Å²) in [6.45, 7) is 4.34. The standard InChI is InChI=1S/C10H12N2S/c1-8(2)12-10-6-4-3-5-9(10)7-11-13-12/h3-8H,1-2H3. The number of hydrogen-bond donors (Lipinski definition) is 0. The first-order valence-corrected chi connectivity index (χ1v) is 5.11. The summed E-state index contributed by atoms with van der Waals surface area (Å²) in [6.07, 6.45) is 1.92. The van der Waals surface area contributed by atoms with Gasteiger partial charge in [-0.15, -0.1) is 0 Å². The molecule has 0 aliphatic carbocycles. The summed E-state index contributed by atoms with van der Waals surface area (Å²) < 4.78 is 6.46. The Morgan fingerprint density at radius 1 is 1.31 bits per heavy atom. The van der Waals surface area contributed by atoms with E-state index in [1.54, 1.807) is 0 Å². The van der Waals surface area contributed by atoms with Crippen LogP contribution in [0.5, 0.6) is 0 Å². The van der Waals surface area contributed by atoms with Crippen molar-refractivity contribution in [1.82, 2.24) is 0 Å². The topological polar surface area (TPSA) is 15.6 Å². The molecule has 1 aromatic rings. The van der Waals surface area contributed by atoms with Crippen LogP contribution in [0.25, 0.3) is 0 Å². The van der Waals surface area contributed by atoms with E-state index in [0.717, 1.165) is 0 Å². The molecular formula is C10H12N2S. The van der Waals surface area contributed by atoms with Gasteiger partial charge in [0.05, 0.1) is 17.8 Å². The molecule has 0 saturated carbocycles. The van der Waals surface area contributed by atoms with Gasteiger partial charge in [0.15, 0.2) is 0 Å². The summed E-state index contributed by atoms with van der Waals surface area (Å²) in [5.74, 6) is 0. The van der Waals surface area contributed by atoms with Gasteiger partial charge in [-0.2, -0.15) is 0 Å². The average Bonchev–Trinajstić information content (AvgIpc) is 2.17. The molecule has 1 aromatic carbocycles. The summed E-state index contributed by atoms with van der Waals surface area (Å²) >= 11 is 1.52. The lowest BCUT2D eigenvalue weighted by molar-refractivity contribution is 0.835. The van der Waals surface area contributed by atoms with E-state index in [0.29, 0.717) is 6.04 Å². The molecule has 0 saturated heterocycles. The second-order valence-electron chi connectivity index (χ2n) is 3.29. The molecule has 0 bridgehead atoms. The maximum Gasteiger partial charge on any atom is 0.0932 e. The highest BCUT2D eigenvalue weighted by Crippen LogP contribution is 2.31. The minimum absolute atomic E-state index is 0.476. The van der Waals surface area contributed by atoms with Crippen LogP contribution in [0.4, 0.5) is 5.69 Å². The van der Waals surface area contributed by atoms with Crippen molar-refractivity contribution in [2.45, 2.75) is 19.9 Å². The average molecular weight is 192 g/mol. The van der Waals surface area contributed by atoms with E-state index in [2.05, 4.69) is 40.7 Å². The van der Waals surface area contributed by atoms with E-state index in [9.17, 15) is 0 Å². The minimum atomic E-state index is 0.476. The lowest BCUT2D eigenvalue weighted by Gasteiger charge is -2.28. The summed E-state index contributed by atoms with van der Waals surface area (Å²) in [7, 11) is 0. The third-order valence-corrected chi connectivity index (χ3v) is 2.96. The second kappa shape index (κ2) is 3.42. The molecule has 1 heterocycles. The van der Waals surface area contributed by atoms with E-state index in [-0.39, 0.29) is 0 Å². The van der Waals surface area contributed by atoms with Gasteiger partial charge in [-0.1, -0.05) is 18.2 Å². The Morgan fingerprint density at radius 3 is 2.85 bits per heavy atom. The molecule has 0 aromatic heterocycles. The van der Waals surface area contributed by atoms with Gasteiger partial charge in [-0.3, -0.25) is 4.31 Å². The van der Waals surface area contributed by atoms with E-state index in [1.165, 1.54) is 23.4 Å². The van der Waals surface area contributed by atoms with Crippen LogP contribution in [0.15, 0.2) is 28.7 Å². The van der Waals surface area contributed by atoms with E-state index < -0.39 is 0 Å². The summed E-state index contributed by atoms with van der Waals surface area (Å²) in [5.41, 5.74) is 2.47. The number of anilines is 1. The van der Waals surface area contributed by atoms with Crippen molar-refractivity contribution in [3.8, 4) is 0 Å². The first-order chi connectivity index (χ1) is 6.29. The zero-order valence-electron chi connectivity index (χ0n) is 7.77. The predicted molar refractivity (Wildman–Crippen MR) is 59.2 cm³/mol. The third kappa shape index (κ3) is 1.56. The number of rotatable bonds is 1. The maximum absolute atomic E-state index is 4.24. The zero-order valence-corrected chi connectivity index (χ0v) is 8.58. The highest BCUT2D eigenvalue weighted by Gasteiger charge is 2.16. The third-order valence-electron chi connectivity index (χ3n) is 1.97. The molecule has 1 aliphatic heterocycles. The van der Waals surface area contributed by atoms with Crippen molar-refractivity contribution in [2.24, 2.45) is 4.40 Å². The quantitative estimate of drug-likeness (QED) is 0.636. The molecule has 0 amide bonds. The SMILES string of the molecule is CC(C)N1SN=Cc2ccccc21. The highest BCUT2D eigenvalue weighted by molar-refractivity contribution is 7.99. The van der Waals surface area contributed by atoms with Crippen molar-refractivity contribution in [1.29, 1.82) is 0 Å². The van der Waals surface area contributed by atoms with Crippen LogP contribution >= 0.6 is 12.1 Å². The largest absolute Gasteiger partial charge is 0.294 e. The second-order valence-corrected chi connectivity index (χ2v) is 4.06. The first kappa shape index (κ1) is 8.63. The van der Waals surface area contributed by atoms with Gasteiger partial charge in [-0.25, -0.2) is 4.40 Å². The smallest absolute Gasteiger partial charge is 0.0932 e. The first-order valence-electron chi connectivity index (χ1n) is 4.38. The summed E-state index contributed by atoms with van der Waals surface area (Å²) in [4.78, 5) is 0. The van der Waals surface area contributed by atoms with Crippen molar-refractivity contribution >= 4 is 24.0 Å². The number of benzene rings is 1. The monoisotopic (exact) mass is 192 g/mol. The number of para-hydroxylation sites is 1. The van der Waals surface area contributed by atoms with Gasteiger partial charge in [0, 0.05) is 17.8 Å². The molecule has 0 unspecified atom stereocenters. The molecule has 3 heteroatoms. The van der Waals surface area contributed by atoms with Crippen LogP contribution in [-0.2, 0) is 0 Å². The number of nitrogens with zero attached hydrogens (tertiary/aromatic N) is 2. The molecule has 0 atom stereocenters. The molecule has 0 fully saturated rings. The molecule has 2 rings (SSSR count).